The van der Waals surface area contributed by atoms with Gasteiger partial charge in [-0.3, -0.25) is 0 Å². The maximum atomic E-state index is 15.7. The molecule has 3 aromatic carbocycles. The van der Waals surface area contributed by atoms with E-state index < -0.39 is 23.0 Å². The second-order valence-corrected chi connectivity index (χ2v) is 11.5. The van der Waals surface area contributed by atoms with Crippen LogP contribution in [-0.2, 0) is 11.8 Å². The molecule has 2 aliphatic heterocycles. The van der Waals surface area contributed by atoms with Gasteiger partial charge in [-0.25, -0.2) is 9.97 Å². The molecular formula is C32H28F4N6. The number of aromatic nitrogens is 4. The Kier molecular flexibility index (Phi) is 5.65. The molecule has 2 saturated heterocycles. The third-order valence-electron chi connectivity index (χ3n) is 8.92. The van der Waals surface area contributed by atoms with Gasteiger partial charge in [0, 0.05) is 16.7 Å². The van der Waals surface area contributed by atoms with Crippen LogP contribution in [0, 0.1) is 0 Å². The normalized spacial score (nSPS) is 22.4. The van der Waals surface area contributed by atoms with Crippen molar-refractivity contribution in [2.24, 2.45) is 0 Å². The minimum atomic E-state index is -4.41. The van der Waals surface area contributed by atoms with E-state index in [1.165, 1.54) is 24.3 Å². The van der Waals surface area contributed by atoms with Crippen molar-refractivity contribution in [1.82, 2.24) is 30.6 Å². The number of benzene rings is 3. The van der Waals surface area contributed by atoms with Crippen LogP contribution < -0.4 is 10.6 Å². The van der Waals surface area contributed by atoms with Gasteiger partial charge in [0.1, 0.15) is 11.6 Å². The highest BCUT2D eigenvalue weighted by molar-refractivity contribution is 5.85. The second-order valence-electron chi connectivity index (χ2n) is 11.5. The van der Waals surface area contributed by atoms with Gasteiger partial charge in [0.15, 0.2) is 0 Å². The molecule has 1 aliphatic carbocycles. The molecule has 42 heavy (non-hydrogen) atoms. The van der Waals surface area contributed by atoms with Crippen molar-refractivity contribution in [2.75, 3.05) is 13.1 Å². The summed E-state index contributed by atoms with van der Waals surface area (Å²) >= 11 is 0. The zero-order chi connectivity index (χ0) is 28.6. The molecule has 3 aliphatic rings. The van der Waals surface area contributed by atoms with Gasteiger partial charge >= 0.3 is 11.8 Å². The highest BCUT2D eigenvalue weighted by atomic mass is 19.3. The summed E-state index contributed by atoms with van der Waals surface area (Å²) in [6, 6.07) is 14.5. The van der Waals surface area contributed by atoms with Crippen molar-refractivity contribution < 1.29 is 17.6 Å². The number of rotatable bonds is 4. The minimum absolute atomic E-state index is 0.0727. The van der Waals surface area contributed by atoms with Gasteiger partial charge in [-0.05, 0) is 85.3 Å². The molecule has 8 rings (SSSR count). The van der Waals surface area contributed by atoms with Crippen LogP contribution in [0.5, 0.6) is 0 Å². The van der Waals surface area contributed by atoms with E-state index in [-0.39, 0.29) is 23.2 Å². The second kappa shape index (κ2) is 9.24. The number of fused-ring (bicyclic) bond motifs is 4. The van der Waals surface area contributed by atoms with Crippen LogP contribution in [0.4, 0.5) is 17.6 Å². The number of halogens is 4. The number of imidazole rings is 2. The summed E-state index contributed by atoms with van der Waals surface area (Å²) in [5.74, 6) is -7.25. The lowest BCUT2D eigenvalue weighted by molar-refractivity contribution is -0.225. The smallest absolute Gasteiger partial charge is 0.340 e. The number of hydrogen-bond acceptors (Lipinski definition) is 4. The van der Waals surface area contributed by atoms with Gasteiger partial charge in [0.2, 0.25) is 0 Å². The average Bonchev–Trinajstić information content (AvgIpc) is 3.81. The van der Waals surface area contributed by atoms with Gasteiger partial charge in [-0.1, -0.05) is 30.3 Å². The van der Waals surface area contributed by atoms with Crippen molar-refractivity contribution >= 4 is 11.0 Å². The first-order valence-corrected chi connectivity index (χ1v) is 14.4. The van der Waals surface area contributed by atoms with Crippen LogP contribution in [-0.4, -0.2) is 33.0 Å². The number of H-pyrrole nitrogens is 2. The quantitative estimate of drug-likeness (QED) is 0.170. The summed E-state index contributed by atoms with van der Waals surface area (Å²) in [7, 11) is 0. The molecule has 0 radical (unpaired) electrons. The highest BCUT2D eigenvalue weighted by Gasteiger charge is 2.62. The van der Waals surface area contributed by atoms with E-state index in [2.05, 4.69) is 30.6 Å². The van der Waals surface area contributed by atoms with Crippen molar-refractivity contribution in [3.8, 4) is 33.5 Å². The topological polar surface area (TPSA) is 81.4 Å². The van der Waals surface area contributed by atoms with Crippen LogP contribution in [0.15, 0.2) is 60.8 Å². The molecule has 4 N–H and O–H groups in total. The summed E-state index contributed by atoms with van der Waals surface area (Å²) in [6.45, 7) is 1.83. The van der Waals surface area contributed by atoms with Crippen LogP contribution >= 0.6 is 0 Å². The third-order valence-corrected chi connectivity index (χ3v) is 8.92. The monoisotopic (exact) mass is 572 g/mol. The third kappa shape index (κ3) is 3.85. The van der Waals surface area contributed by atoms with E-state index in [0.29, 0.717) is 22.4 Å². The maximum absolute atomic E-state index is 15.7. The van der Waals surface area contributed by atoms with Gasteiger partial charge in [-0.2, -0.15) is 17.6 Å². The molecule has 0 saturated carbocycles. The molecule has 10 heteroatoms. The summed E-state index contributed by atoms with van der Waals surface area (Å²) in [6.07, 6.45) is 5.59. The first-order chi connectivity index (χ1) is 20.3. The molecule has 2 atom stereocenters. The standard InChI is InChI=1S/C32H28F4N6/c33-31(34)22-13-17(18-7-10-24-27(15-18)41-30(40-24)26-4-2-12-38-26)5-8-20(22)21-9-6-19(14-23(21)32(31,35)36)28-16-39-29(42-28)25-3-1-11-37-25/h5-10,13-16,25-26,37-38H,1-4,11-12H2,(H,39,42)(H,40,41). The zero-order valence-electron chi connectivity index (χ0n) is 22.6. The number of nitrogens with zero attached hydrogens (tertiary/aromatic N) is 2. The predicted molar refractivity (Wildman–Crippen MR) is 152 cm³/mol. The van der Waals surface area contributed by atoms with Crippen LogP contribution in [0.2, 0.25) is 0 Å². The van der Waals surface area contributed by atoms with Gasteiger partial charge in [-0.15, -0.1) is 0 Å². The lowest BCUT2D eigenvalue weighted by Gasteiger charge is -2.35. The average molecular weight is 573 g/mol. The molecule has 2 aromatic heterocycles. The van der Waals surface area contributed by atoms with E-state index in [1.807, 2.05) is 12.1 Å². The van der Waals surface area contributed by atoms with Gasteiger partial charge in [0.05, 0.1) is 35.0 Å². The predicted octanol–water partition coefficient (Wildman–Crippen LogP) is 7.33. The van der Waals surface area contributed by atoms with E-state index in [9.17, 15) is 0 Å². The van der Waals surface area contributed by atoms with Crippen LogP contribution in [0.3, 0.4) is 0 Å². The summed E-state index contributed by atoms with van der Waals surface area (Å²) < 4.78 is 62.8. The minimum Gasteiger partial charge on any atom is -0.341 e. The molecule has 2 unspecified atom stereocenters. The molecule has 0 spiro atoms. The fraction of sp³-hybridized carbons (Fsp3) is 0.312. The first kappa shape index (κ1) is 25.7. The fourth-order valence-corrected chi connectivity index (χ4v) is 6.63. The molecule has 214 valence electrons. The zero-order valence-corrected chi connectivity index (χ0v) is 22.6. The largest absolute Gasteiger partial charge is 0.341 e. The van der Waals surface area contributed by atoms with E-state index in [1.54, 1.807) is 24.4 Å². The van der Waals surface area contributed by atoms with Gasteiger partial charge < -0.3 is 20.6 Å². The Labute approximate surface area is 239 Å². The highest BCUT2D eigenvalue weighted by Crippen LogP contribution is 2.58. The summed E-state index contributed by atoms with van der Waals surface area (Å²) in [4.78, 5) is 15.6. The Morgan fingerprint density at radius 3 is 1.93 bits per heavy atom. The first-order valence-electron chi connectivity index (χ1n) is 14.4. The number of aromatic amines is 2. The molecule has 6 nitrogen and oxygen atoms in total. The van der Waals surface area contributed by atoms with Crippen LogP contribution in [0.25, 0.3) is 44.5 Å². The van der Waals surface area contributed by atoms with Gasteiger partial charge in [0.25, 0.3) is 0 Å². The van der Waals surface area contributed by atoms with E-state index in [4.69, 9.17) is 0 Å². The lowest BCUT2D eigenvalue weighted by Crippen LogP contribution is -2.39. The Bertz CT molecular complexity index is 1830. The SMILES string of the molecule is FC1(F)c2cc(-c3ccc4nc(C5CCCN5)[nH]c4c3)ccc2-c2ccc(-c3cnc(C4CCCN4)[nH]3)cc2C1(F)F. The Hall–Kier alpha value is -4.02. The summed E-state index contributed by atoms with van der Waals surface area (Å²) in [5.41, 5.74) is 2.37. The summed E-state index contributed by atoms with van der Waals surface area (Å²) in [5, 5.41) is 6.75. The fourth-order valence-electron chi connectivity index (χ4n) is 6.63. The van der Waals surface area contributed by atoms with Crippen molar-refractivity contribution in [2.45, 2.75) is 49.6 Å². The van der Waals surface area contributed by atoms with E-state index in [0.717, 1.165) is 61.5 Å². The van der Waals surface area contributed by atoms with E-state index >= 15 is 17.6 Å². The number of alkyl halides is 4. The molecular weight excluding hydrogens is 544 g/mol. The number of nitrogens with one attached hydrogen (secondary N) is 4. The Morgan fingerprint density at radius 1 is 0.667 bits per heavy atom. The van der Waals surface area contributed by atoms with Crippen molar-refractivity contribution in [1.29, 1.82) is 0 Å². The van der Waals surface area contributed by atoms with Crippen LogP contribution in [0.1, 0.15) is 60.5 Å². The molecule has 4 heterocycles. The number of hydrogen-bond donors (Lipinski definition) is 4. The lowest BCUT2D eigenvalue weighted by atomic mass is 9.78. The Balaban J connectivity index is 1.18. The van der Waals surface area contributed by atoms with Crippen molar-refractivity contribution in [3.63, 3.8) is 0 Å². The molecule has 0 amide bonds. The Morgan fingerprint density at radius 2 is 1.26 bits per heavy atom. The van der Waals surface area contributed by atoms with Crippen molar-refractivity contribution in [3.05, 3.63) is 83.6 Å². The molecule has 0 bridgehead atoms. The maximum Gasteiger partial charge on any atom is 0.340 e. The molecule has 2 fully saturated rings. The molecule has 5 aromatic rings.